The van der Waals surface area contributed by atoms with E-state index in [0.29, 0.717) is 0 Å². The molecule has 1 aliphatic carbocycles. The van der Waals surface area contributed by atoms with Crippen LogP contribution in [0.2, 0.25) is 0 Å². The van der Waals surface area contributed by atoms with E-state index in [9.17, 15) is 0 Å². The summed E-state index contributed by atoms with van der Waals surface area (Å²) < 4.78 is 0. The minimum atomic E-state index is -0.499. The molecule has 2 heteroatoms. The van der Waals surface area contributed by atoms with Crippen LogP contribution in [0.5, 0.6) is 0 Å². The summed E-state index contributed by atoms with van der Waals surface area (Å²) in [6, 6.07) is 34.1. The largest absolute Gasteiger partial charge is 0.273 e. The van der Waals surface area contributed by atoms with Crippen LogP contribution in [-0.2, 0) is 34.2 Å². The van der Waals surface area contributed by atoms with E-state index in [-0.39, 0.29) is 10.8 Å². The molecule has 0 saturated heterocycles. The Morgan fingerprint density at radius 2 is 1.14 bits per heavy atom. The fourth-order valence-corrected chi connectivity index (χ4v) is 8.96. The van der Waals surface area contributed by atoms with Gasteiger partial charge in [-0.25, -0.2) is 12.2 Å². The van der Waals surface area contributed by atoms with Gasteiger partial charge in [0.05, 0.1) is 0 Å². The van der Waals surface area contributed by atoms with Crippen molar-refractivity contribution in [3.8, 4) is 0 Å². The summed E-state index contributed by atoms with van der Waals surface area (Å²) in [6.07, 6.45) is 10.0. The van der Waals surface area contributed by atoms with Crippen LogP contribution < -0.4 is 10.4 Å². The molecule has 5 aromatic carbocycles. The second kappa shape index (κ2) is 13.7. The maximum atomic E-state index is 2.99. The second-order valence-electron chi connectivity index (χ2n) is 13.4. The van der Waals surface area contributed by atoms with Gasteiger partial charge in [-0.1, -0.05) is 76.9 Å². The molecule has 0 amide bonds. The molecule has 5 aromatic rings. The number of aryl methyl sites for hydroxylation is 2. The predicted molar refractivity (Wildman–Crippen MR) is 183 cm³/mol. The van der Waals surface area contributed by atoms with Gasteiger partial charge >= 0.3 is 113 Å². The third-order valence-electron chi connectivity index (χ3n) is 7.64. The molecule has 0 nitrogen and oxygen atoms in total. The second-order valence-corrected chi connectivity index (χ2v) is 19.0. The Bertz CT molecular complexity index is 1620. The van der Waals surface area contributed by atoms with Crippen molar-refractivity contribution < 1.29 is 23.3 Å². The van der Waals surface area contributed by atoms with Gasteiger partial charge in [0.1, 0.15) is 0 Å². The zero-order chi connectivity index (χ0) is 30.5. The van der Waals surface area contributed by atoms with Crippen LogP contribution in [0.3, 0.4) is 0 Å². The molecule has 0 fully saturated rings. The number of fused-ring (bicyclic) bond motifs is 3. The molecule has 0 aromatic heterocycles. The van der Waals surface area contributed by atoms with Crippen LogP contribution in [0.15, 0.2) is 109 Å². The summed E-state index contributed by atoms with van der Waals surface area (Å²) in [5, 5.41) is 8.55. The third-order valence-corrected chi connectivity index (χ3v) is 13.7. The average molecular weight is 644 g/mol. The normalized spacial score (nSPS) is 12.6. The topological polar surface area (TPSA) is 0 Å². The Morgan fingerprint density at radius 3 is 1.48 bits per heavy atom. The van der Waals surface area contributed by atoms with Gasteiger partial charge in [0, 0.05) is 0 Å². The van der Waals surface area contributed by atoms with Crippen molar-refractivity contribution in [1.29, 1.82) is 0 Å². The molecule has 0 N–H and O–H groups in total. The molecule has 0 spiro atoms. The van der Waals surface area contributed by atoms with E-state index >= 15 is 0 Å². The van der Waals surface area contributed by atoms with Gasteiger partial charge in [-0.05, 0) is 10.8 Å². The smallest absolute Gasteiger partial charge is 0.109 e. The van der Waals surface area contributed by atoms with Crippen molar-refractivity contribution in [2.75, 3.05) is 0 Å². The summed E-state index contributed by atoms with van der Waals surface area (Å²) in [6.45, 7) is 18.0. The van der Waals surface area contributed by atoms with E-state index in [1.54, 1.807) is 23.3 Å². The number of rotatable bonds is 2. The van der Waals surface area contributed by atoms with Gasteiger partial charge in [-0.15, -0.1) is 46.2 Å². The van der Waals surface area contributed by atoms with Crippen LogP contribution in [0.4, 0.5) is 0 Å². The molecule has 0 aliphatic heterocycles. The van der Waals surface area contributed by atoms with Gasteiger partial charge < -0.3 is 0 Å². The minimum absolute atomic E-state index is 0.203. The van der Waals surface area contributed by atoms with Crippen molar-refractivity contribution in [3.63, 3.8) is 0 Å². The minimum Gasteiger partial charge on any atom is -0.273 e. The first-order valence-corrected chi connectivity index (χ1v) is 20.1. The molecule has 0 radical (unpaired) electrons. The zero-order valence-corrected chi connectivity index (χ0v) is 30.1. The third kappa shape index (κ3) is 8.46. The fourth-order valence-electron chi connectivity index (χ4n) is 5.06. The SMILES string of the molecule is CC(C)(C)c1ccc2c(c1)[cH-]c1cc(C(C)(C)C)ccc12.Cc1cccc([Si](=[Zr+2])c2cccc(C)c2)c1.[C-]1=CC=CC1. The van der Waals surface area contributed by atoms with Crippen LogP contribution >= 0.6 is 0 Å². The number of benzene rings is 4. The molecule has 0 unspecified atom stereocenters. The molecular formula is C40H44SiZr. The first kappa shape index (κ1) is 32.2. The summed E-state index contributed by atoms with van der Waals surface area (Å²) in [7, 11) is 0. The Labute approximate surface area is 269 Å². The molecule has 42 heavy (non-hydrogen) atoms. The average Bonchev–Trinajstić information content (AvgIpc) is 3.63. The van der Waals surface area contributed by atoms with Crippen LogP contribution in [0.1, 0.15) is 70.2 Å². The van der Waals surface area contributed by atoms with Gasteiger partial charge in [0.15, 0.2) is 0 Å². The number of hydrogen-bond acceptors (Lipinski definition) is 0. The van der Waals surface area contributed by atoms with Gasteiger partial charge in [-0.2, -0.15) is 6.08 Å². The summed E-state index contributed by atoms with van der Waals surface area (Å²) in [5.41, 5.74) is 5.46. The molecule has 0 saturated carbocycles. The molecule has 1 aliphatic rings. The van der Waals surface area contributed by atoms with Crippen molar-refractivity contribution in [1.82, 2.24) is 0 Å². The first-order chi connectivity index (χ1) is 19.8. The van der Waals surface area contributed by atoms with E-state index in [1.165, 1.54) is 54.2 Å². The van der Waals surface area contributed by atoms with E-state index < -0.39 is 5.43 Å². The van der Waals surface area contributed by atoms with Crippen LogP contribution in [0.25, 0.3) is 21.5 Å². The van der Waals surface area contributed by atoms with Crippen LogP contribution in [0, 0.1) is 19.9 Å². The van der Waals surface area contributed by atoms with Crippen molar-refractivity contribution >= 4 is 37.4 Å². The Morgan fingerprint density at radius 1 is 0.667 bits per heavy atom. The summed E-state index contributed by atoms with van der Waals surface area (Å²) in [5.74, 6) is 0. The van der Waals surface area contributed by atoms with Gasteiger partial charge in [-0.3, -0.25) is 6.08 Å². The number of allylic oxidation sites excluding steroid dienone is 4. The van der Waals surface area contributed by atoms with E-state index in [4.69, 9.17) is 0 Å². The maximum absolute atomic E-state index is 2.99. The van der Waals surface area contributed by atoms with Crippen LogP contribution in [-0.4, -0.2) is 5.43 Å². The maximum Gasteiger partial charge on any atom is -0.109 e. The first-order valence-electron chi connectivity index (χ1n) is 14.9. The molecular weight excluding hydrogens is 600 g/mol. The summed E-state index contributed by atoms with van der Waals surface area (Å²) in [4.78, 5) is 0. The quantitative estimate of drug-likeness (QED) is 0.133. The summed E-state index contributed by atoms with van der Waals surface area (Å²) >= 11 is 1.65. The molecule has 6 rings (SSSR count). The van der Waals surface area contributed by atoms with Gasteiger partial charge in [0.2, 0.25) is 0 Å². The van der Waals surface area contributed by atoms with E-state index in [2.05, 4.69) is 159 Å². The van der Waals surface area contributed by atoms with Crippen molar-refractivity contribution in [3.05, 3.63) is 138 Å². The molecule has 212 valence electrons. The Balaban J connectivity index is 0.000000170. The van der Waals surface area contributed by atoms with Crippen molar-refractivity contribution in [2.24, 2.45) is 0 Å². The molecule has 0 atom stereocenters. The van der Waals surface area contributed by atoms with E-state index in [1.807, 2.05) is 12.2 Å². The Hall–Kier alpha value is -2.67. The standard InChI is InChI=1S/C21H25.C14H14Si.C5H5.Zr/c1-20(2,3)16-7-9-18-14(12-16)11-15-13-17(21(4,5)6)8-10-19(15)18;1-11-5-3-7-13(9-11)15-14-8-4-6-12(2)10-14;1-2-4-5-3-1;/h7-13H,1-6H3;3-10H,1-2H3;1-3H,4H2;/q-1;;-1;+2. The predicted octanol–water partition coefficient (Wildman–Crippen LogP) is 9.57. The van der Waals surface area contributed by atoms with E-state index in [0.717, 1.165) is 6.42 Å². The monoisotopic (exact) mass is 642 g/mol. The molecule has 0 bridgehead atoms. The van der Waals surface area contributed by atoms with Gasteiger partial charge in [0.25, 0.3) is 0 Å². The zero-order valence-electron chi connectivity index (χ0n) is 26.6. The fraction of sp³-hybridized carbons (Fsp3) is 0.275. The van der Waals surface area contributed by atoms with Crippen molar-refractivity contribution in [2.45, 2.75) is 72.6 Å². The molecule has 0 heterocycles. The number of hydrogen-bond donors (Lipinski definition) is 0. The Kier molecular flexibility index (Phi) is 10.6.